The minimum absolute atomic E-state index is 0. The maximum atomic E-state index is 2.28. The molecule has 6 aromatic carbocycles. The first-order valence-corrected chi connectivity index (χ1v) is 17.1. The normalized spacial score (nSPS) is 10.0. The summed E-state index contributed by atoms with van der Waals surface area (Å²) in [7, 11) is 0. The summed E-state index contributed by atoms with van der Waals surface area (Å²) in [6.07, 6.45) is 1.25. The monoisotopic (exact) mass is 576 g/mol. The van der Waals surface area contributed by atoms with E-state index in [-0.39, 0.29) is 31.0 Å². The topological polar surface area (TPSA) is 0 Å². The SMILES string of the molecule is CCc1cc2ccccc2[cH-]1.C[Si](C)=[Ti+2].Cc1cc2c(-c3cccc4ccccc34)cccc2[cH-]1.Cl.Cl. The van der Waals surface area contributed by atoms with Crippen LogP contribution in [0.15, 0.2) is 109 Å². The summed E-state index contributed by atoms with van der Waals surface area (Å²) in [6, 6.07) is 39.3. The molecule has 0 saturated heterocycles. The minimum atomic E-state index is 0. The standard InChI is InChI=1S/C20H15.C11H11.C2H6Si.2ClH.Ti/c1-14-12-16-8-5-11-19(20(16)13-14)18-10-4-7-15-6-2-3-9-17(15)18;1-2-9-7-10-5-3-4-6-11(10)8-9;1-3-2;;;/h2-13H,1H3;3-8H,2H2,1H3;1-2H3;2*1H;/q2*-1;;;;+2. The van der Waals surface area contributed by atoms with Gasteiger partial charge in [-0.2, -0.15) is 12.1 Å². The van der Waals surface area contributed by atoms with Gasteiger partial charge in [-0.15, -0.1) is 100.0 Å². The van der Waals surface area contributed by atoms with E-state index >= 15 is 0 Å². The van der Waals surface area contributed by atoms with Crippen LogP contribution in [0.4, 0.5) is 0 Å². The molecule has 0 saturated carbocycles. The molecule has 0 heterocycles. The van der Waals surface area contributed by atoms with Crippen molar-refractivity contribution in [2.75, 3.05) is 0 Å². The van der Waals surface area contributed by atoms with Gasteiger partial charge in [0.1, 0.15) is 0 Å². The van der Waals surface area contributed by atoms with E-state index in [0.29, 0.717) is 0 Å². The smallest absolute Gasteiger partial charge is 0.0114 e. The third-order valence-electron chi connectivity index (χ3n) is 6.06. The Kier molecular flexibility index (Phi) is 12.4. The van der Waals surface area contributed by atoms with E-state index in [9.17, 15) is 0 Å². The molecule has 0 unspecified atom stereocenters. The molecule has 188 valence electrons. The van der Waals surface area contributed by atoms with Crippen molar-refractivity contribution >= 4 is 63.3 Å². The first-order chi connectivity index (χ1) is 17.0. The predicted molar refractivity (Wildman–Crippen MR) is 168 cm³/mol. The second kappa shape index (κ2) is 14.7. The van der Waals surface area contributed by atoms with E-state index in [4.69, 9.17) is 0 Å². The summed E-state index contributed by atoms with van der Waals surface area (Å²) < 4.78 is 0. The summed E-state index contributed by atoms with van der Waals surface area (Å²) in [5, 5.41) is 8.02. The Hall–Kier alpha value is -2.13. The molecule has 0 atom stereocenters. The van der Waals surface area contributed by atoms with Crippen molar-refractivity contribution in [1.29, 1.82) is 0 Å². The molecule has 0 fully saturated rings. The molecular formula is C33H34Cl2SiTi. The van der Waals surface area contributed by atoms with E-state index in [1.165, 1.54) is 54.6 Å². The number of rotatable bonds is 2. The maximum Gasteiger partial charge on any atom is -0.0114 e. The van der Waals surface area contributed by atoms with Crippen LogP contribution in [-0.4, -0.2) is 6.19 Å². The summed E-state index contributed by atoms with van der Waals surface area (Å²) in [5.74, 6) is 0. The fraction of sp³-hybridized carbons (Fsp3) is 0.152. The van der Waals surface area contributed by atoms with Crippen LogP contribution in [0, 0.1) is 6.92 Å². The second-order valence-electron chi connectivity index (χ2n) is 9.21. The molecule has 0 aliphatic carbocycles. The fourth-order valence-corrected chi connectivity index (χ4v) is 4.50. The van der Waals surface area contributed by atoms with Crippen LogP contribution in [0.25, 0.3) is 43.4 Å². The quantitative estimate of drug-likeness (QED) is 0.142. The molecule has 0 nitrogen and oxygen atoms in total. The Bertz CT molecular complexity index is 1550. The number of fused-ring (bicyclic) bond motifs is 3. The van der Waals surface area contributed by atoms with Crippen molar-refractivity contribution in [2.45, 2.75) is 33.4 Å². The molecule has 0 bridgehead atoms. The minimum Gasteiger partial charge on any atom is -0.165 e. The van der Waals surface area contributed by atoms with Crippen LogP contribution >= 0.6 is 24.8 Å². The maximum absolute atomic E-state index is 2.28. The van der Waals surface area contributed by atoms with Crippen molar-refractivity contribution < 1.29 is 19.2 Å². The second-order valence-corrected chi connectivity index (χ2v) is 15.9. The molecule has 0 aromatic heterocycles. The molecule has 6 aromatic rings. The summed E-state index contributed by atoms with van der Waals surface area (Å²) >= 11 is 2.27. The van der Waals surface area contributed by atoms with E-state index in [2.05, 4.69) is 155 Å². The van der Waals surface area contributed by atoms with Crippen LogP contribution in [0.5, 0.6) is 0 Å². The number of hydrogen-bond acceptors (Lipinski definition) is 0. The Balaban J connectivity index is 0.000000241. The van der Waals surface area contributed by atoms with Gasteiger partial charge in [0.15, 0.2) is 0 Å². The van der Waals surface area contributed by atoms with Crippen LogP contribution in [0.3, 0.4) is 0 Å². The average Bonchev–Trinajstić information content (AvgIpc) is 3.46. The molecule has 0 aliphatic rings. The van der Waals surface area contributed by atoms with Gasteiger partial charge in [-0.3, -0.25) is 0 Å². The van der Waals surface area contributed by atoms with Gasteiger partial charge in [0.2, 0.25) is 0 Å². The van der Waals surface area contributed by atoms with Crippen molar-refractivity contribution in [3.63, 3.8) is 0 Å². The first kappa shape index (κ1) is 31.1. The molecule has 37 heavy (non-hydrogen) atoms. The molecule has 0 N–H and O–H groups in total. The predicted octanol–water partition coefficient (Wildman–Crippen LogP) is 10.4. The zero-order valence-electron chi connectivity index (χ0n) is 21.9. The van der Waals surface area contributed by atoms with E-state index in [0.717, 1.165) is 6.42 Å². The van der Waals surface area contributed by atoms with E-state index in [1.807, 2.05) is 0 Å². The van der Waals surface area contributed by atoms with Gasteiger partial charge in [-0.25, -0.2) is 0 Å². The van der Waals surface area contributed by atoms with Crippen LogP contribution in [-0.2, 0) is 25.6 Å². The van der Waals surface area contributed by atoms with Gasteiger partial charge < -0.3 is 0 Å². The van der Waals surface area contributed by atoms with Gasteiger partial charge in [0.05, 0.1) is 0 Å². The summed E-state index contributed by atoms with van der Waals surface area (Å²) in [6.45, 7) is 8.89. The van der Waals surface area contributed by atoms with Gasteiger partial charge >= 0.3 is 38.5 Å². The van der Waals surface area contributed by atoms with Crippen LogP contribution < -0.4 is 0 Å². The molecule has 6 rings (SSSR count). The largest absolute Gasteiger partial charge is 0.165 e. The number of aryl methyl sites for hydroxylation is 2. The van der Waals surface area contributed by atoms with Crippen molar-refractivity contribution in [3.8, 4) is 11.1 Å². The van der Waals surface area contributed by atoms with Crippen molar-refractivity contribution in [2.24, 2.45) is 0 Å². The zero-order chi connectivity index (χ0) is 24.8. The van der Waals surface area contributed by atoms with Crippen LogP contribution in [0.2, 0.25) is 13.1 Å². The Morgan fingerprint density at radius 1 is 0.649 bits per heavy atom. The molecule has 0 spiro atoms. The summed E-state index contributed by atoms with van der Waals surface area (Å²) in [5.41, 5.74) is 5.41. The average molecular weight is 577 g/mol. The zero-order valence-corrected chi connectivity index (χ0v) is 26.1. The number of halogens is 2. The Labute approximate surface area is 245 Å². The van der Waals surface area contributed by atoms with Gasteiger partial charge in [-0.1, -0.05) is 74.0 Å². The molecule has 0 radical (unpaired) electrons. The van der Waals surface area contributed by atoms with Gasteiger partial charge in [0, 0.05) is 0 Å². The Morgan fingerprint density at radius 3 is 1.86 bits per heavy atom. The fourth-order valence-electron chi connectivity index (χ4n) is 4.50. The number of benzene rings is 4. The number of hydrogen-bond donors (Lipinski definition) is 0. The van der Waals surface area contributed by atoms with Gasteiger partial charge in [0.25, 0.3) is 0 Å². The van der Waals surface area contributed by atoms with Crippen molar-refractivity contribution in [3.05, 3.63) is 120 Å². The van der Waals surface area contributed by atoms with E-state index < -0.39 is 0 Å². The van der Waals surface area contributed by atoms with Crippen molar-refractivity contribution in [1.82, 2.24) is 0 Å². The third-order valence-corrected chi connectivity index (χ3v) is 6.06. The Morgan fingerprint density at radius 2 is 1.19 bits per heavy atom. The molecule has 4 heteroatoms. The molecule has 0 aliphatic heterocycles. The van der Waals surface area contributed by atoms with Crippen LogP contribution in [0.1, 0.15) is 18.1 Å². The molecule has 0 amide bonds. The third kappa shape index (κ3) is 7.93. The van der Waals surface area contributed by atoms with Gasteiger partial charge in [-0.05, 0) is 22.8 Å². The first-order valence-electron chi connectivity index (χ1n) is 12.3. The summed E-state index contributed by atoms with van der Waals surface area (Å²) in [4.78, 5) is 0. The van der Waals surface area contributed by atoms with E-state index in [1.54, 1.807) is 0 Å². The molecular weight excluding hydrogens is 543 g/mol.